The Morgan fingerprint density at radius 1 is 0.537 bits per heavy atom. The SMILES string of the molecule is N=C(N)CCNC(=O)c1cc(NC(=O)c2ccc(C(=O)NCCN)cc2)cn1CC1CC1.N=C(N)CCNC(=O)c1cc(NC(=O)c2ccc(C(=O)NCCN=C(N)N)cc2)cn1CC1CC1. The van der Waals surface area contributed by atoms with Crippen molar-refractivity contribution in [2.24, 2.45) is 45.5 Å². The summed E-state index contributed by atoms with van der Waals surface area (Å²) >= 11 is 0. The number of guanidine groups is 1. The maximum atomic E-state index is 12.7. The maximum Gasteiger partial charge on any atom is 0.267 e. The van der Waals surface area contributed by atoms with Gasteiger partial charge in [-0.05, 0) is 98.2 Å². The normalized spacial score (nSPS) is 12.6. The number of nitrogens with two attached hydrogens (primary N) is 5. The van der Waals surface area contributed by atoms with Crippen LogP contribution in [0.4, 0.5) is 11.4 Å². The van der Waals surface area contributed by atoms with E-state index in [1.165, 1.54) is 0 Å². The van der Waals surface area contributed by atoms with Crippen LogP contribution in [0.2, 0.25) is 0 Å². The number of carbonyl (C=O) groups excluding carboxylic acids is 6. The van der Waals surface area contributed by atoms with Crippen LogP contribution in [0.25, 0.3) is 0 Å². The van der Waals surface area contributed by atoms with Crippen molar-refractivity contribution in [2.75, 3.05) is 49.9 Å². The van der Waals surface area contributed by atoms with E-state index in [1.807, 2.05) is 9.13 Å². The van der Waals surface area contributed by atoms with E-state index in [2.05, 4.69) is 36.9 Å². The molecule has 22 nitrogen and oxygen atoms in total. The first-order valence-electron chi connectivity index (χ1n) is 21.9. The van der Waals surface area contributed by atoms with E-state index in [4.69, 9.17) is 39.5 Å². The van der Waals surface area contributed by atoms with Crippen molar-refractivity contribution in [1.82, 2.24) is 30.4 Å². The van der Waals surface area contributed by atoms with Crippen molar-refractivity contribution in [2.45, 2.75) is 51.6 Å². The van der Waals surface area contributed by atoms with Crippen molar-refractivity contribution in [3.63, 3.8) is 0 Å². The molecule has 356 valence electrons. The first-order chi connectivity index (χ1) is 32.1. The molecule has 2 aromatic heterocycles. The molecule has 4 aromatic rings. The molecule has 6 rings (SSSR count). The van der Waals surface area contributed by atoms with Crippen molar-refractivity contribution in [1.29, 1.82) is 10.8 Å². The van der Waals surface area contributed by atoms with Gasteiger partial charge in [0, 0.05) is 93.3 Å². The van der Waals surface area contributed by atoms with E-state index >= 15 is 0 Å². The summed E-state index contributed by atoms with van der Waals surface area (Å²) in [5.74, 6) is -0.805. The molecule has 0 aliphatic heterocycles. The second-order valence-electron chi connectivity index (χ2n) is 16.2. The largest absolute Gasteiger partial charge is 0.388 e. The number of carbonyl (C=O) groups is 6. The Kier molecular flexibility index (Phi) is 18.2. The molecule has 6 amide bonds. The quantitative estimate of drug-likeness (QED) is 0.0284. The minimum atomic E-state index is -0.364. The summed E-state index contributed by atoms with van der Waals surface area (Å²) < 4.78 is 3.69. The second-order valence-corrected chi connectivity index (χ2v) is 16.2. The molecule has 67 heavy (non-hydrogen) atoms. The number of amidine groups is 2. The van der Waals surface area contributed by atoms with Gasteiger partial charge in [0.1, 0.15) is 11.4 Å². The van der Waals surface area contributed by atoms with Gasteiger partial charge in [0.25, 0.3) is 35.4 Å². The molecule has 0 atom stereocenters. The Balaban J connectivity index is 0.000000252. The third-order valence-corrected chi connectivity index (χ3v) is 10.4. The van der Waals surface area contributed by atoms with Gasteiger partial charge in [-0.2, -0.15) is 0 Å². The fraction of sp³-hybridized carbons (Fsp3) is 0.356. The molecule has 22 heteroatoms. The highest BCUT2D eigenvalue weighted by Crippen LogP contribution is 2.33. The van der Waals surface area contributed by atoms with E-state index in [9.17, 15) is 28.8 Å². The highest BCUT2D eigenvalue weighted by molar-refractivity contribution is 6.07. The van der Waals surface area contributed by atoms with Crippen molar-refractivity contribution < 1.29 is 28.8 Å². The smallest absolute Gasteiger partial charge is 0.267 e. The lowest BCUT2D eigenvalue weighted by Crippen LogP contribution is -2.29. The standard InChI is InChI=1S/C23H31N9O3.C22H29N7O3/c24-19(25)7-8-28-22(35)18-11-17(13-32(18)12-14-1-2-14)31-21(34)16-5-3-15(4-6-16)20(33)29-9-10-30-23(26)27;23-8-10-27-20(30)15-3-5-16(6-4-15)21(31)28-17-11-18(22(32)26-9-7-19(24)25)29(13-17)12-14-1-2-14/h3-6,11,13-14H,1-2,7-10,12H2,(H3,24,25)(H,28,35)(H,29,33)(H,31,34)(H4,26,27,30);3-6,11,13-14H,1-2,7-10,12,23H2,(H3,24,25)(H,26,32)(H,27,30)(H,28,31). The molecule has 0 spiro atoms. The van der Waals surface area contributed by atoms with Gasteiger partial charge in [-0.1, -0.05) is 0 Å². The van der Waals surface area contributed by atoms with Crippen LogP contribution >= 0.6 is 0 Å². The Labute approximate surface area is 387 Å². The molecule has 2 fully saturated rings. The predicted molar refractivity (Wildman–Crippen MR) is 255 cm³/mol. The number of hydrogen-bond donors (Lipinski definition) is 13. The Bertz CT molecular complexity index is 2450. The van der Waals surface area contributed by atoms with Crippen molar-refractivity contribution >= 4 is 64.4 Å². The maximum absolute atomic E-state index is 12.7. The lowest BCUT2D eigenvalue weighted by molar-refractivity contribution is 0.0937. The number of aliphatic imine (C=N–C) groups is 1. The first-order valence-corrected chi connectivity index (χ1v) is 21.9. The summed E-state index contributed by atoms with van der Waals surface area (Å²) in [4.78, 5) is 78.6. The minimum Gasteiger partial charge on any atom is -0.388 e. The average molecular weight is 921 g/mol. The third-order valence-electron chi connectivity index (χ3n) is 10.4. The van der Waals surface area contributed by atoms with Crippen LogP contribution in [0, 0.1) is 22.7 Å². The van der Waals surface area contributed by atoms with Gasteiger partial charge in [0.2, 0.25) is 0 Å². The summed E-state index contributed by atoms with van der Waals surface area (Å²) in [7, 11) is 0. The van der Waals surface area contributed by atoms with Gasteiger partial charge >= 0.3 is 0 Å². The molecular weight excluding hydrogens is 861 g/mol. The average Bonchev–Trinajstić information content (AvgIpc) is 4.22. The van der Waals surface area contributed by atoms with E-state index in [0.29, 0.717) is 83.0 Å². The molecule has 0 bridgehead atoms. The number of benzene rings is 2. The predicted octanol–water partition coefficient (Wildman–Crippen LogP) is 1.10. The Hall–Kier alpha value is -8.01. The van der Waals surface area contributed by atoms with Gasteiger partial charge in [-0.15, -0.1) is 0 Å². The zero-order valence-electron chi connectivity index (χ0n) is 37.2. The van der Waals surface area contributed by atoms with E-state index in [-0.39, 0.29) is 92.1 Å². The molecule has 2 aromatic carbocycles. The fourth-order valence-corrected chi connectivity index (χ4v) is 6.50. The summed E-state index contributed by atoms with van der Waals surface area (Å²) in [5.41, 5.74) is 30.0. The molecule has 18 N–H and O–H groups in total. The Morgan fingerprint density at radius 2 is 0.896 bits per heavy atom. The molecule has 2 aliphatic carbocycles. The zero-order chi connectivity index (χ0) is 48.5. The van der Waals surface area contributed by atoms with Crippen LogP contribution < -0.4 is 60.6 Å². The topological polar surface area (TPSA) is 375 Å². The number of amides is 6. The molecule has 0 saturated heterocycles. The van der Waals surface area contributed by atoms with Crippen LogP contribution in [0.1, 0.15) is 101 Å². The summed E-state index contributed by atoms with van der Waals surface area (Å²) in [6.07, 6.45) is 8.51. The number of nitrogens with one attached hydrogen (secondary N) is 8. The van der Waals surface area contributed by atoms with Crippen LogP contribution in [0.15, 0.2) is 78.0 Å². The number of rotatable bonds is 23. The Morgan fingerprint density at radius 3 is 1.24 bits per heavy atom. The molecular formula is C45H60N16O6. The number of aromatic nitrogens is 2. The number of nitrogens with zero attached hydrogens (tertiary/aromatic N) is 3. The molecule has 2 saturated carbocycles. The highest BCUT2D eigenvalue weighted by Gasteiger charge is 2.26. The molecule has 0 unspecified atom stereocenters. The monoisotopic (exact) mass is 920 g/mol. The van der Waals surface area contributed by atoms with Crippen LogP contribution in [0.5, 0.6) is 0 Å². The van der Waals surface area contributed by atoms with Crippen molar-refractivity contribution in [3.05, 3.63) is 107 Å². The van der Waals surface area contributed by atoms with E-state index < -0.39 is 0 Å². The molecule has 2 heterocycles. The van der Waals surface area contributed by atoms with Gasteiger partial charge in [0.15, 0.2) is 5.96 Å². The van der Waals surface area contributed by atoms with Crippen molar-refractivity contribution in [3.8, 4) is 0 Å². The van der Waals surface area contributed by atoms with Gasteiger partial charge in [-0.3, -0.25) is 44.6 Å². The summed E-state index contributed by atoms with van der Waals surface area (Å²) in [5, 5.41) is 31.0. The molecule has 2 aliphatic rings. The van der Waals surface area contributed by atoms with E-state index in [0.717, 1.165) is 25.7 Å². The van der Waals surface area contributed by atoms with Crippen LogP contribution in [-0.4, -0.2) is 101 Å². The van der Waals surface area contributed by atoms with Crippen LogP contribution in [-0.2, 0) is 13.1 Å². The second kappa shape index (κ2) is 24.3. The van der Waals surface area contributed by atoms with Crippen LogP contribution in [0.3, 0.4) is 0 Å². The lowest BCUT2D eigenvalue weighted by Gasteiger charge is -2.08. The third kappa shape index (κ3) is 16.5. The van der Waals surface area contributed by atoms with E-state index in [1.54, 1.807) is 73.1 Å². The van der Waals surface area contributed by atoms with Gasteiger partial charge in [0.05, 0.1) is 29.6 Å². The fourth-order valence-electron chi connectivity index (χ4n) is 6.50. The summed E-state index contributed by atoms with van der Waals surface area (Å²) in [6, 6.07) is 15.8. The minimum absolute atomic E-state index is 0.000980. The lowest BCUT2D eigenvalue weighted by atomic mass is 10.1. The van der Waals surface area contributed by atoms with Gasteiger partial charge < -0.3 is 69.7 Å². The van der Waals surface area contributed by atoms with Gasteiger partial charge in [-0.25, -0.2) is 0 Å². The number of anilines is 2. The number of hydrogen-bond acceptors (Lipinski definition) is 10. The highest BCUT2D eigenvalue weighted by atomic mass is 16.2. The molecule has 0 radical (unpaired) electrons. The zero-order valence-corrected chi connectivity index (χ0v) is 37.2. The first kappa shape index (κ1) is 50.0. The summed E-state index contributed by atoms with van der Waals surface area (Å²) in [6.45, 7) is 3.21.